The molecular formula is C12H13BrN4O. The number of benzene rings is 1. The van der Waals surface area contributed by atoms with E-state index in [2.05, 4.69) is 26.3 Å². The molecule has 94 valence electrons. The standard InChI is InChI=1S/C12H13BrN4O/c1-7-5-8(13)11(9(14)6-7)15-12(18)10-3-4-17(2)16-10/h3-6H,14H2,1-2H3,(H,15,18). The molecule has 0 bridgehead atoms. The number of nitrogens with one attached hydrogen (secondary N) is 1. The monoisotopic (exact) mass is 308 g/mol. The summed E-state index contributed by atoms with van der Waals surface area (Å²) in [5.74, 6) is -0.285. The maximum absolute atomic E-state index is 12.0. The number of carbonyl (C=O) groups is 1. The highest BCUT2D eigenvalue weighted by atomic mass is 79.9. The molecule has 1 aromatic carbocycles. The summed E-state index contributed by atoms with van der Waals surface area (Å²) in [5, 5.41) is 6.78. The molecule has 0 unspecified atom stereocenters. The summed E-state index contributed by atoms with van der Waals surface area (Å²) in [4.78, 5) is 12.0. The van der Waals surface area contributed by atoms with Gasteiger partial charge in [0.1, 0.15) is 0 Å². The van der Waals surface area contributed by atoms with Gasteiger partial charge in [-0.2, -0.15) is 5.10 Å². The molecule has 0 radical (unpaired) electrons. The molecule has 3 N–H and O–H groups in total. The first-order valence-corrected chi connectivity index (χ1v) is 6.13. The number of hydrogen-bond acceptors (Lipinski definition) is 3. The van der Waals surface area contributed by atoms with Crippen molar-refractivity contribution in [2.75, 3.05) is 11.1 Å². The summed E-state index contributed by atoms with van der Waals surface area (Å²) < 4.78 is 2.33. The Balaban J connectivity index is 2.27. The number of nitrogen functional groups attached to an aromatic ring is 1. The van der Waals surface area contributed by atoms with E-state index in [-0.39, 0.29) is 5.91 Å². The van der Waals surface area contributed by atoms with Gasteiger partial charge in [0.15, 0.2) is 5.69 Å². The zero-order chi connectivity index (χ0) is 13.3. The zero-order valence-electron chi connectivity index (χ0n) is 10.1. The van der Waals surface area contributed by atoms with Crippen LogP contribution in [-0.4, -0.2) is 15.7 Å². The van der Waals surface area contributed by atoms with Gasteiger partial charge in [0.2, 0.25) is 0 Å². The smallest absolute Gasteiger partial charge is 0.276 e. The number of halogens is 1. The molecule has 6 heteroatoms. The summed E-state index contributed by atoms with van der Waals surface area (Å²) in [7, 11) is 1.76. The molecule has 0 aliphatic heterocycles. The quantitative estimate of drug-likeness (QED) is 0.836. The van der Waals surface area contributed by atoms with E-state index in [1.807, 2.05) is 13.0 Å². The minimum absolute atomic E-state index is 0.285. The summed E-state index contributed by atoms with van der Waals surface area (Å²) in [6, 6.07) is 5.34. The molecule has 18 heavy (non-hydrogen) atoms. The lowest BCUT2D eigenvalue weighted by Crippen LogP contribution is -2.14. The first-order chi connectivity index (χ1) is 8.47. The van der Waals surface area contributed by atoms with Crippen molar-refractivity contribution >= 4 is 33.2 Å². The Hall–Kier alpha value is -1.82. The van der Waals surface area contributed by atoms with E-state index in [4.69, 9.17) is 5.73 Å². The summed E-state index contributed by atoms with van der Waals surface area (Å²) in [5.41, 5.74) is 8.34. The van der Waals surface area contributed by atoms with Crippen molar-refractivity contribution in [2.24, 2.45) is 7.05 Å². The number of amides is 1. The van der Waals surface area contributed by atoms with Crippen LogP contribution in [0.3, 0.4) is 0 Å². The van der Waals surface area contributed by atoms with Crippen LogP contribution in [-0.2, 0) is 7.05 Å². The third-order valence-electron chi connectivity index (χ3n) is 2.45. The van der Waals surface area contributed by atoms with E-state index >= 15 is 0 Å². The van der Waals surface area contributed by atoms with Gasteiger partial charge in [-0.1, -0.05) is 0 Å². The Morgan fingerprint density at radius 2 is 2.22 bits per heavy atom. The highest BCUT2D eigenvalue weighted by Crippen LogP contribution is 2.30. The Bertz CT molecular complexity index is 583. The first-order valence-electron chi connectivity index (χ1n) is 5.34. The van der Waals surface area contributed by atoms with E-state index in [9.17, 15) is 4.79 Å². The largest absolute Gasteiger partial charge is 0.397 e. The highest BCUT2D eigenvalue weighted by molar-refractivity contribution is 9.10. The maximum Gasteiger partial charge on any atom is 0.276 e. The second kappa shape index (κ2) is 4.81. The molecule has 0 saturated heterocycles. The predicted molar refractivity (Wildman–Crippen MR) is 74.5 cm³/mol. The molecule has 2 aromatic rings. The molecule has 0 atom stereocenters. The topological polar surface area (TPSA) is 72.9 Å². The van der Waals surface area contributed by atoms with Crippen molar-refractivity contribution in [3.05, 3.63) is 40.1 Å². The van der Waals surface area contributed by atoms with Crippen LogP contribution in [0.2, 0.25) is 0 Å². The van der Waals surface area contributed by atoms with Crippen molar-refractivity contribution < 1.29 is 4.79 Å². The SMILES string of the molecule is Cc1cc(N)c(NC(=O)c2ccn(C)n2)c(Br)c1. The van der Waals surface area contributed by atoms with Crippen LogP contribution in [0, 0.1) is 6.92 Å². The van der Waals surface area contributed by atoms with E-state index in [0.29, 0.717) is 17.1 Å². The lowest BCUT2D eigenvalue weighted by molar-refractivity contribution is 0.102. The van der Waals surface area contributed by atoms with Crippen LogP contribution in [0.4, 0.5) is 11.4 Å². The second-order valence-electron chi connectivity index (χ2n) is 4.04. The van der Waals surface area contributed by atoms with Gasteiger partial charge < -0.3 is 11.1 Å². The van der Waals surface area contributed by atoms with Crippen LogP contribution < -0.4 is 11.1 Å². The van der Waals surface area contributed by atoms with Gasteiger partial charge in [-0.05, 0) is 46.6 Å². The molecule has 0 aliphatic rings. The summed E-state index contributed by atoms with van der Waals surface area (Å²) in [6.45, 7) is 1.94. The number of hydrogen-bond donors (Lipinski definition) is 2. The number of aryl methyl sites for hydroxylation is 2. The van der Waals surface area contributed by atoms with Gasteiger partial charge in [-0.15, -0.1) is 0 Å². The van der Waals surface area contributed by atoms with Crippen molar-refractivity contribution in [1.29, 1.82) is 0 Å². The van der Waals surface area contributed by atoms with Crippen LogP contribution in [0.15, 0.2) is 28.9 Å². The van der Waals surface area contributed by atoms with Gasteiger partial charge in [0, 0.05) is 17.7 Å². The normalized spacial score (nSPS) is 10.4. The Morgan fingerprint density at radius 3 is 2.78 bits per heavy atom. The van der Waals surface area contributed by atoms with Gasteiger partial charge in [0.25, 0.3) is 5.91 Å². The van der Waals surface area contributed by atoms with Crippen LogP contribution in [0.1, 0.15) is 16.1 Å². The van der Waals surface area contributed by atoms with Gasteiger partial charge >= 0.3 is 0 Å². The first kappa shape index (κ1) is 12.6. The molecule has 1 amide bonds. The number of carbonyl (C=O) groups excluding carboxylic acids is 1. The fraction of sp³-hybridized carbons (Fsp3) is 0.167. The molecule has 0 saturated carbocycles. The van der Waals surface area contributed by atoms with Crippen LogP contribution in [0.5, 0.6) is 0 Å². The second-order valence-corrected chi connectivity index (χ2v) is 4.89. The third kappa shape index (κ3) is 2.53. The number of nitrogens with two attached hydrogens (primary N) is 1. The van der Waals surface area contributed by atoms with Crippen LogP contribution in [0.25, 0.3) is 0 Å². The average Bonchev–Trinajstić information content (AvgIpc) is 2.70. The molecule has 1 heterocycles. The molecular weight excluding hydrogens is 296 g/mol. The third-order valence-corrected chi connectivity index (χ3v) is 3.08. The molecule has 0 spiro atoms. The van der Waals surface area contributed by atoms with Crippen LogP contribution >= 0.6 is 15.9 Å². The van der Waals surface area contributed by atoms with Gasteiger partial charge in [-0.25, -0.2) is 0 Å². The molecule has 0 fully saturated rings. The van der Waals surface area contributed by atoms with E-state index in [1.54, 1.807) is 30.1 Å². The van der Waals surface area contributed by atoms with Crippen molar-refractivity contribution in [2.45, 2.75) is 6.92 Å². The van der Waals surface area contributed by atoms with E-state index in [0.717, 1.165) is 10.0 Å². The molecule has 1 aromatic heterocycles. The number of nitrogens with zero attached hydrogens (tertiary/aromatic N) is 2. The molecule has 2 rings (SSSR count). The summed E-state index contributed by atoms with van der Waals surface area (Å²) >= 11 is 3.38. The van der Waals surface area contributed by atoms with Gasteiger partial charge in [0.05, 0.1) is 11.4 Å². The number of anilines is 2. The Kier molecular flexibility index (Phi) is 3.38. The fourth-order valence-corrected chi connectivity index (χ4v) is 2.30. The lowest BCUT2D eigenvalue weighted by atomic mass is 10.2. The lowest BCUT2D eigenvalue weighted by Gasteiger charge is -2.10. The summed E-state index contributed by atoms with van der Waals surface area (Å²) in [6.07, 6.45) is 1.71. The highest BCUT2D eigenvalue weighted by Gasteiger charge is 2.13. The Labute approximate surface area is 113 Å². The number of aromatic nitrogens is 2. The average molecular weight is 309 g/mol. The van der Waals surface area contributed by atoms with E-state index < -0.39 is 0 Å². The Morgan fingerprint density at radius 1 is 1.50 bits per heavy atom. The van der Waals surface area contributed by atoms with Crippen molar-refractivity contribution in [3.8, 4) is 0 Å². The number of rotatable bonds is 2. The van der Waals surface area contributed by atoms with Crippen molar-refractivity contribution in [3.63, 3.8) is 0 Å². The maximum atomic E-state index is 12.0. The van der Waals surface area contributed by atoms with E-state index in [1.165, 1.54) is 0 Å². The minimum Gasteiger partial charge on any atom is -0.397 e. The zero-order valence-corrected chi connectivity index (χ0v) is 11.7. The van der Waals surface area contributed by atoms with Crippen molar-refractivity contribution in [1.82, 2.24) is 9.78 Å². The van der Waals surface area contributed by atoms with Gasteiger partial charge in [-0.3, -0.25) is 9.48 Å². The predicted octanol–water partition coefficient (Wildman–Crippen LogP) is 2.33. The minimum atomic E-state index is -0.285. The fourth-order valence-electron chi connectivity index (χ4n) is 1.61. The molecule has 5 nitrogen and oxygen atoms in total. The molecule has 0 aliphatic carbocycles.